The first kappa shape index (κ1) is 70.0. The summed E-state index contributed by atoms with van der Waals surface area (Å²) in [6.07, 6.45) is 7.75. The molecule has 17 N–H and O–H groups in total. The molecule has 2 heterocycles. The van der Waals surface area contributed by atoms with Gasteiger partial charge < -0.3 is 91.2 Å². The molecule has 0 amide bonds. The highest BCUT2D eigenvalue weighted by molar-refractivity contribution is 7.86. The van der Waals surface area contributed by atoms with E-state index in [0.29, 0.717) is 24.8 Å². The third-order valence-corrected chi connectivity index (χ3v) is 14.1. The van der Waals surface area contributed by atoms with E-state index in [-0.39, 0.29) is 82.4 Å². The minimum absolute atomic E-state index is 0.0640. The van der Waals surface area contributed by atoms with Gasteiger partial charge in [-0.2, -0.15) is 8.42 Å². The second-order valence-electron chi connectivity index (χ2n) is 20.3. The fourth-order valence-electron chi connectivity index (χ4n) is 8.36. The van der Waals surface area contributed by atoms with Crippen LogP contribution in [0.3, 0.4) is 0 Å². The van der Waals surface area contributed by atoms with Crippen LogP contribution in [0, 0.1) is 11.8 Å². The van der Waals surface area contributed by atoms with Crippen LogP contribution in [0.1, 0.15) is 91.4 Å². The molecule has 77 heavy (non-hydrogen) atoms. The smallest absolute Gasteiger partial charge is 0.270 e. The Kier molecular flexibility index (Phi) is 33.6. The van der Waals surface area contributed by atoms with Crippen molar-refractivity contribution in [1.82, 2.24) is 0 Å². The van der Waals surface area contributed by atoms with Gasteiger partial charge in [0.15, 0.2) is 0 Å². The molecule has 2 aliphatic rings. The van der Waals surface area contributed by atoms with E-state index in [9.17, 15) is 84.5 Å². The van der Waals surface area contributed by atoms with Crippen LogP contribution in [-0.4, -0.2) is 223 Å². The fourth-order valence-corrected chi connectivity index (χ4v) is 9.32. The van der Waals surface area contributed by atoms with Crippen molar-refractivity contribution in [3.63, 3.8) is 0 Å². The van der Waals surface area contributed by atoms with Crippen LogP contribution in [0.15, 0.2) is 109 Å². The molecule has 0 spiro atoms. The van der Waals surface area contributed by atoms with Gasteiger partial charge in [0.2, 0.25) is 0 Å². The highest BCUT2D eigenvalue weighted by atomic mass is 32.2. The lowest BCUT2D eigenvalue weighted by atomic mass is 9.96. The summed E-state index contributed by atoms with van der Waals surface area (Å²) in [6.45, 7) is 4.78. The summed E-state index contributed by atoms with van der Waals surface area (Å²) in [4.78, 5) is 0. The van der Waals surface area contributed by atoms with Crippen LogP contribution in [0.25, 0.3) is 0 Å². The van der Waals surface area contributed by atoms with E-state index < -0.39 is 119 Å². The van der Waals surface area contributed by atoms with Gasteiger partial charge in [0.25, 0.3) is 10.1 Å². The van der Waals surface area contributed by atoms with E-state index in [2.05, 4.69) is 0 Å². The Labute approximate surface area is 453 Å². The molecule has 0 saturated carbocycles. The van der Waals surface area contributed by atoms with Crippen molar-refractivity contribution in [3.8, 4) is 0 Å². The number of epoxide rings is 2. The molecule has 21 nitrogen and oxygen atoms in total. The van der Waals surface area contributed by atoms with Crippen LogP contribution in [0.5, 0.6) is 0 Å². The Morgan fingerprint density at radius 3 is 1.75 bits per heavy atom. The maximum Gasteiger partial charge on any atom is 0.270 e. The van der Waals surface area contributed by atoms with Gasteiger partial charge in [-0.3, -0.25) is 4.55 Å². The molecule has 2 aliphatic heterocycles. The van der Waals surface area contributed by atoms with Gasteiger partial charge in [-0.15, -0.1) is 0 Å². The molecular weight excluding hydrogens is 1030 g/mol. The molecule has 22 heteroatoms. The quantitative estimate of drug-likeness (QED) is 0.0214. The summed E-state index contributed by atoms with van der Waals surface area (Å²) in [5.74, 6) is -0.702. The van der Waals surface area contributed by atoms with Crippen molar-refractivity contribution in [2.24, 2.45) is 11.8 Å². The Morgan fingerprint density at radius 2 is 1.10 bits per heavy atom. The second kappa shape index (κ2) is 37.0. The summed E-state index contributed by atoms with van der Waals surface area (Å²) < 4.78 is 44.7. The summed E-state index contributed by atoms with van der Waals surface area (Å²) in [6, 6.07) is 0. The standard InChI is InChI=1S/C55H90O21S/c1-34(19-24-47(68)51(70)52(71)50(77(72,73)74)33-42(63)12-6-7-25-56)27-45(66)31-44(65)23-22-43(64)30-40(61)15-8-13-38(59)28-35(2)29-39(60)14-9-16-41(62)32-49-54(75-49)55-53(76-55)48(69)17-5-4-11-37(58)21-20-36(3)46(67)18-10-26-57/h4-6,8-10,12-13,16,18-24,29,34,36-71H,7,11,14-15,17,25-28,30-33H2,1-3H3,(H,72,73,74)/b5-4+,12-6+,13-8+,16-9+,18-10+,21-20+,23-22+,24-19+,35-29+. The zero-order chi connectivity index (χ0) is 57.8. The van der Waals surface area contributed by atoms with Gasteiger partial charge in [-0.25, -0.2) is 0 Å². The normalized spacial score (nSPS) is 25.6. The maximum atomic E-state index is 11.9. The van der Waals surface area contributed by atoms with Crippen LogP contribution in [-0.2, 0) is 19.6 Å². The average Bonchev–Trinajstić information content (AvgIpc) is 4.29. The average molecular weight is 1120 g/mol. The van der Waals surface area contributed by atoms with Crippen LogP contribution in [0.4, 0.5) is 0 Å². The predicted molar refractivity (Wildman–Crippen MR) is 287 cm³/mol. The van der Waals surface area contributed by atoms with Crippen LogP contribution < -0.4 is 0 Å². The number of rotatable bonds is 41. The van der Waals surface area contributed by atoms with Gasteiger partial charge in [0.05, 0.1) is 79.9 Å². The molecular formula is C55H90O21S. The molecule has 0 aromatic rings. The largest absolute Gasteiger partial charge is 0.396 e. The van der Waals surface area contributed by atoms with E-state index in [0.717, 1.165) is 12.2 Å². The number of allylic oxidation sites excluding steroid dienone is 1. The predicted octanol–water partition coefficient (Wildman–Crippen LogP) is -0.226. The third-order valence-electron chi connectivity index (χ3n) is 12.9. The first-order chi connectivity index (χ1) is 36.2. The summed E-state index contributed by atoms with van der Waals surface area (Å²) in [7, 11) is -4.99. The number of hydrogen-bond donors (Lipinski definition) is 17. The van der Waals surface area contributed by atoms with E-state index in [4.69, 9.17) is 19.7 Å². The molecule has 0 aromatic heterocycles. The van der Waals surface area contributed by atoms with Gasteiger partial charge in [-0.05, 0) is 64.2 Å². The number of aliphatic hydroxyl groups excluding tert-OH is 16. The first-order valence-corrected chi connectivity index (χ1v) is 27.8. The van der Waals surface area contributed by atoms with E-state index in [1.54, 1.807) is 69.4 Å². The Balaban J connectivity index is 1.65. The molecule has 0 bridgehead atoms. The van der Waals surface area contributed by atoms with Gasteiger partial charge in [0, 0.05) is 31.8 Å². The van der Waals surface area contributed by atoms with Gasteiger partial charge >= 0.3 is 0 Å². The Hall–Kier alpha value is -3.15. The molecule has 21 unspecified atom stereocenters. The summed E-state index contributed by atoms with van der Waals surface area (Å²) in [5, 5.41) is 161. The molecule has 2 fully saturated rings. The molecule has 2 saturated heterocycles. The van der Waals surface area contributed by atoms with Crippen LogP contribution in [0.2, 0.25) is 0 Å². The van der Waals surface area contributed by atoms with Crippen molar-refractivity contribution >= 4 is 10.1 Å². The SMILES string of the molecule is C/C(=C\C(O)C/C=C/C(O)CC1OC1C1OC1C(O)C/C=C/CC(O)/C=C/C(C)C(O)/C=C/CO)CC(O)/C=C/CC(O)CC(O)/C=C/C(O)CC(O)CC(C)/C=C/C(O)C(O)C(O)C(CC(O)/C=C/CCO)S(=O)(=O)O. The lowest BCUT2D eigenvalue weighted by molar-refractivity contribution is -0.0462. The van der Waals surface area contributed by atoms with E-state index >= 15 is 0 Å². The van der Waals surface area contributed by atoms with Crippen molar-refractivity contribution in [1.29, 1.82) is 0 Å². The fraction of sp³-hybridized carbons (Fsp3) is 0.673. The van der Waals surface area contributed by atoms with Crippen molar-refractivity contribution in [2.45, 2.75) is 207 Å². The molecule has 0 aromatic carbocycles. The molecule has 0 radical (unpaired) electrons. The third kappa shape index (κ3) is 30.3. The van der Waals surface area contributed by atoms with E-state index in [1.807, 2.05) is 0 Å². The Bertz CT molecular complexity index is 2020. The summed E-state index contributed by atoms with van der Waals surface area (Å²) >= 11 is 0. The number of hydrogen-bond acceptors (Lipinski definition) is 20. The second-order valence-corrected chi connectivity index (χ2v) is 21.9. The lowest BCUT2D eigenvalue weighted by Gasteiger charge is -2.27. The lowest BCUT2D eigenvalue weighted by Crippen LogP contribution is -2.48. The van der Waals surface area contributed by atoms with Crippen molar-refractivity contribution < 1.29 is 104 Å². The Morgan fingerprint density at radius 1 is 0.519 bits per heavy atom. The van der Waals surface area contributed by atoms with Crippen LogP contribution >= 0.6 is 0 Å². The van der Waals surface area contributed by atoms with Crippen molar-refractivity contribution in [3.05, 3.63) is 109 Å². The number of ether oxygens (including phenoxy) is 2. The van der Waals surface area contributed by atoms with Gasteiger partial charge in [-0.1, -0.05) is 123 Å². The zero-order valence-electron chi connectivity index (χ0n) is 44.3. The minimum atomic E-state index is -4.99. The highest BCUT2D eigenvalue weighted by Gasteiger charge is 2.59. The maximum absolute atomic E-state index is 11.9. The molecule has 2 rings (SSSR count). The zero-order valence-corrected chi connectivity index (χ0v) is 45.1. The molecule has 442 valence electrons. The minimum Gasteiger partial charge on any atom is -0.396 e. The first-order valence-electron chi connectivity index (χ1n) is 26.3. The highest BCUT2D eigenvalue weighted by Crippen LogP contribution is 2.42. The topological polar surface area (TPSA) is 403 Å². The monoisotopic (exact) mass is 1120 g/mol. The number of aliphatic hydroxyl groups is 16. The van der Waals surface area contributed by atoms with E-state index in [1.165, 1.54) is 42.5 Å². The molecule has 0 aliphatic carbocycles. The molecule has 21 atom stereocenters. The van der Waals surface area contributed by atoms with Gasteiger partial charge in [0.1, 0.15) is 41.9 Å². The van der Waals surface area contributed by atoms with Crippen molar-refractivity contribution in [2.75, 3.05) is 13.2 Å². The summed E-state index contributed by atoms with van der Waals surface area (Å²) in [5.41, 5.74) is 0.699.